The molecule has 1 aromatic heterocycles. The average molecular weight is 169 g/mol. The normalized spacial score (nSPS) is 16.0. The van der Waals surface area contributed by atoms with Crippen LogP contribution in [0.5, 0.6) is 0 Å². The Hall–Kier alpha value is -0.970. The van der Waals surface area contributed by atoms with E-state index < -0.39 is 0 Å². The van der Waals surface area contributed by atoms with Crippen molar-refractivity contribution >= 4 is 0 Å². The highest BCUT2D eigenvalue weighted by molar-refractivity contribution is 5.03. The first-order valence-electron chi connectivity index (χ1n) is 4.07. The summed E-state index contributed by atoms with van der Waals surface area (Å²) in [4.78, 5) is 0. The van der Waals surface area contributed by atoms with E-state index in [0.717, 1.165) is 12.2 Å². The van der Waals surface area contributed by atoms with Crippen LogP contribution in [0, 0.1) is 0 Å². The maximum absolute atomic E-state index is 5.67. The molecule has 5 nitrogen and oxygen atoms in total. The Bertz CT molecular complexity index is 250. The molecular weight excluding hydrogens is 154 g/mol. The summed E-state index contributed by atoms with van der Waals surface area (Å²) in [6, 6.07) is 0. The van der Waals surface area contributed by atoms with E-state index in [9.17, 15) is 0 Å². The molecule has 0 fully saturated rings. The third kappa shape index (κ3) is 1.32. The second kappa shape index (κ2) is 3.18. The first-order chi connectivity index (χ1) is 5.64. The number of hydrogen-bond donors (Lipinski definition) is 1. The molecule has 12 heavy (non-hydrogen) atoms. The van der Waals surface area contributed by atoms with Gasteiger partial charge in [-0.05, 0) is 16.8 Å². The van der Waals surface area contributed by atoms with Crippen LogP contribution < -0.4 is 5.73 Å². The van der Waals surface area contributed by atoms with Crippen molar-refractivity contribution in [3.05, 3.63) is 5.82 Å². The van der Waals surface area contributed by atoms with Crippen LogP contribution >= 0.6 is 0 Å². The molecule has 1 unspecified atom stereocenters. The van der Waals surface area contributed by atoms with Crippen LogP contribution in [0.25, 0.3) is 0 Å². The zero-order chi connectivity index (χ0) is 9.19. The number of aromatic nitrogens is 4. The Kier molecular flexibility index (Phi) is 2.42. The molecule has 1 aromatic rings. The van der Waals surface area contributed by atoms with Crippen LogP contribution in [0.4, 0.5) is 0 Å². The molecule has 5 heteroatoms. The summed E-state index contributed by atoms with van der Waals surface area (Å²) in [5.74, 6) is 0.854. The lowest BCUT2D eigenvalue weighted by atomic mass is 9.87. The van der Waals surface area contributed by atoms with Crippen LogP contribution in [0.2, 0.25) is 0 Å². The zero-order valence-corrected chi connectivity index (χ0v) is 7.78. The Labute approximate surface area is 71.9 Å². The van der Waals surface area contributed by atoms with E-state index in [2.05, 4.69) is 29.4 Å². The van der Waals surface area contributed by atoms with Gasteiger partial charge in [-0.25, -0.2) is 4.68 Å². The summed E-state index contributed by atoms with van der Waals surface area (Å²) in [6.45, 7) is 4.72. The van der Waals surface area contributed by atoms with Gasteiger partial charge in [0.05, 0.1) is 0 Å². The summed E-state index contributed by atoms with van der Waals surface area (Å²) >= 11 is 0. The highest BCUT2D eigenvalue weighted by Gasteiger charge is 2.28. The average Bonchev–Trinajstić information content (AvgIpc) is 2.51. The molecule has 0 saturated heterocycles. The molecule has 0 bridgehead atoms. The molecule has 0 aliphatic carbocycles. The van der Waals surface area contributed by atoms with E-state index in [1.54, 1.807) is 4.68 Å². The van der Waals surface area contributed by atoms with Gasteiger partial charge in [-0.15, -0.1) is 5.10 Å². The summed E-state index contributed by atoms with van der Waals surface area (Å²) < 4.78 is 1.68. The summed E-state index contributed by atoms with van der Waals surface area (Å²) in [6.07, 6.45) is 0.942. The van der Waals surface area contributed by atoms with Crippen molar-refractivity contribution in [3.63, 3.8) is 0 Å². The number of hydrogen-bond acceptors (Lipinski definition) is 4. The van der Waals surface area contributed by atoms with E-state index in [1.807, 2.05) is 7.05 Å². The van der Waals surface area contributed by atoms with E-state index in [1.165, 1.54) is 0 Å². The maximum Gasteiger partial charge on any atom is 0.158 e. The highest BCUT2D eigenvalue weighted by atomic mass is 15.5. The van der Waals surface area contributed by atoms with Gasteiger partial charge in [-0.3, -0.25) is 0 Å². The Morgan fingerprint density at radius 1 is 1.58 bits per heavy atom. The molecule has 0 saturated carbocycles. The van der Waals surface area contributed by atoms with Crippen LogP contribution in [-0.4, -0.2) is 26.8 Å². The van der Waals surface area contributed by atoms with Crippen molar-refractivity contribution < 1.29 is 0 Å². The first kappa shape index (κ1) is 9.12. The standard InChI is InChI=1S/C7H15N5/c1-4-7(2,5-8)6-9-10-11-12(6)3/h4-5,8H2,1-3H3. The molecule has 0 aromatic carbocycles. The minimum absolute atomic E-state index is 0.0990. The van der Waals surface area contributed by atoms with Gasteiger partial charge in [0.25, 0.3) is 0 Å². The molecule has 0 amide bonds. The Balaban J connectivity index is 3.02. The van der Waals surface area contributed by atoms with Gasteiger partial charge in [0.15, 0.2) is 5.82 Å². The molecule has 0 aliphatic rings. The summed E-state index contributed by atoms with van der Waals surface area (Å²) in [7, 11) is 1.83. The lowest BCUT2D eigenvalue weighted by molar-refractivity contribution is 0.417. The van der Waals surface area contributed by atoms with E-state index in [0.29, 0.717) is 6.54 Å². The van der Waals surface area contributed by atoms with Crippen molar-refractivity contribution in [2.24, 2.45) is 12.8 Å². The van der Waals surface area contributed by atoms with Gasteiger partial charge in [0.2, 0.25) is 0 Å². The molecule has 1 heterocycles. The monoisotopic (exact) mass is 169 g/mol. The molecule has 0 aliphatic heterocycles. The molecule has 1 atom stereocenters. The fraction of sp³-hybridized carbons (Fsp3) is 0.857. The largest absolute Gasteiger partial charge is 0.329 e. The smallest absolute Gasteiger partial charge is 0.158 e. The van der Waals surface area contributed by atoms with Gasteiger partial charge in [-0.1, -0.05) is 13.8 Å². The van der Waals surface area contributed by atoms with Crippen LogP contribution in [0.3, 0.4) is 0 Å². The Morgan fingerprint density at radius 2 is 2.25 bits per heavy atom. The molecule has 0 radical (unpaired) electrons. The van der Waals surface area contributed by atoms with Crippen molar-refractivity contribution in [2.45, 2.75) is 25.7 Å². The van der Waals surface area contributed by atoms with Crippen LogP contribution in [0.1, 0.15) is 26.1 Å². The zero-order valence-electron chi connectivity index (χ0n) is 7.78. The van der Waals surface area contributed by atoms with Crippen molar-refractivity contribution in [3.8, 4) is 0 Å². The van der Waals surface area contributed by atoms with E-state index >= 15 is 0 Å². The Morgan fingerprint density at radius 3 is 2.58 bits per heavy atom. The summed E-state index contributed by atoms with van der Waals surface area (Å²) in [5.41, 5.74) is 5.57. The van der Waals surface area contributed by atoms with Gasteiger partial charge in [0, 0.05) is 19.0 Å². The number of rotatable bonds is 3. The van der Waals surface area contributed by atoms with Crippen molar-refractivity contribution in [1.29, 1.82) is 0 Å². The molecule has 0 spiro atoms. The van der Waals surface area contributed by atoms with Crippen LogP contribution in [-0.2, 0) is 12.5 Å². The lowest BCUT2D eigenvalue weighted by Gasteiger charge is -2.23. The molecule has 1 rings (SSSR count). The second-order valence-electron chi connectivity index (χ2n) is 3.24. The van der Waals surface area contributed by atoms with Crippen molar-refractivity contribution in [1.82, 2.24) is 20.2 Å². The SMILES string of the molecule is CCC(C)(CN)c1nnnn1C. The number of tetrazole rings is 1. The number of nitrogens with zero attached hydrogens (tertiary/aromatic N) is 4. The summed E-state index contributed by atoms with van der Waals surface area (Å²) in [5, 5.41) is 11.3. The fourth-order valence-electron chi connectivity index (χ4n) is 1.13. The quantitative estimate of drug-likeness (QED) is 0.682. The second-order valence-corrected chi connectivity index (χ2v) is 3.24. The van der Waals surface area contributed by atoms with E-state index in [-0.39, 0.29) is 5.41 Å². The number of aryl methyl sites for hydroxylation is 1. The lowest BCUT2D eigenvalue weighted by Crippen LogP contribution is -2.34. The molecule has 68 valence electrons. The van der Waals surface area contributed by atoms with Gasteiger partial charge in [0.1, 0.15) is 0 Å². The first-order valence-corrected chi connectivity index (χ1v) is 4.07. The van der Waals surface area contributed by atoms with E-state index in [4.69, 9.17) is 5.73 Å². The van der Waals surface area contributed by atoms with Crippen molar-refractivity contribution in [2.75, 3.05) is 6.54 Å². The minimum atomic E-state index is -0.0990. The predicted molar refractivity (Wildman–Crippen MR) is 45.5 cm³/mol. The van der Waals surface area contributed by atoms with Gasteiger partial charge < -0.3 is 5.73 Å². The minimum Gasteiger partial charge on any atom is -0.329 e. The third-order valence-corrected chi connectivity index (χ3v) is 2.39. The number of nitrogens with two attached hydrogens (primary N) is 1. The van der Waals surface area contributed by atoms with Crippen LogP contribution in [0.15, 0.2) is 0 Å². The molecule has 2 N–H and O–H groups in total. The topological polar surface area (TPSA) is 69.6 Å². The van der Waals surface area contributed by atoms with Gasteiger partial charge in [-0.2, -0.15) is 0 Å². The van der Waals surface area contributed by atoms with Gasteiger partial charge >= 0.3 is 0 Å². The third-order valence-electron chi connectivity index (χ3n) is 2.39. The molecular formula is C7H15N5. The fourth-order valence-corrected chi connectivity index (χ4v) is 1.13. The maximum atomic E-state index is 5.67. The predicted octanol–water partition coefficient (Wildman–Crippen LogP) is -0.163. The highest BCUT2D eigenvalue weighted by Crippen LogP contribution is 2.22.